The predicted octanol–water partition coefficient (Wildman–Crippen LogP) is 5.02. The molecule has 0 spiro atoms. The second-order valence-electron chi connectivity index (χ2n) is 8.69. The van der Waals surface area contributed by atoms with Gasteiger partial charge in [0, 0.05) is 33.4 Å². The summed E-state index contributed by atoms with van der Waals surface area (Å²) in [6, 6.07) is 25.0. The summed E-state index contributed by atoms with van der Waals surface area (Å²) in [6.07, 6.45) is 1.68. The van der Waals surface area contributed by atoms with Crippen LogP contribution in [0.25, 0.3) is 27.5 Å². The molecule has 0 saturated heterocycles. The van der Waals surface area contributed by atoms with Gasteiger partial charge in [0.1, 0.15) is 6.54 Å². The first-order valence-electron chi connectivity index (χ1n) is 11.5. The number of pyridine rings is 1. The molecule has 0 aliphatic heterocycles. The zero-order chi connectivity index (χ0) is 24.5. The van der Waals surface area contributed by atoms with Gasteiger partial charge in [0.15, 0.2) is 5.43 Å². The van der Waals surface area contributed by atoms with E-state index in [2.05, 4.69) is 47.1 Å². The number of para-hydroxylation sites is 3. The topological polar surface area (TPSA) is 68.4 Å². The van der Waals surface area contributed by atoms with Gasteiger partial charge in [-0.25, -0.2) is 5.43 Å². The van der Waals surface area contributed by atoms with E-state index in [4.69, 9.17) is 0 Å². The van der Waals surface area contributed by atoms with Crippen molar-refractivity contribution >= 4 is 33.9 Å². The molecule has 2 heterocycles. The molecule has 0 aliphatic rings. The second kappa shape index (κ2) is 9.06. The second-order valence-corrected chi connectivity index (χ2v) is 8.69. The summed E-state index contributed by atoms with van der Waals surface area (Å²) >= 11 is 0. The van der Waals surface area contributed by atoms with E-state index in [0.717, 1.165) is 33.7 Å². The third-order valence-corrected chi connectivity index (χ3v) is 6.40. The van der Waals surface area contributed by atoms with Crippen LogP contribution in [0.2, 0.25) is 0 Å². The number of benzene rings is 3. The van der Waals surface area contributed by atoms with Gasteiger partial charge in [0.2, 0.25) is 0 Å². The zero-order valence-electron chi connectivity index (χ0n) is 19.9. The lowest BCUT2D eigenvalue weighted by Crippen LogP contribution is -2.25. The van der Waals surface area contributed by atoms with Crippen molar-refractivity contribution in [3.05, 3.63) is 112 Å². The maximum absolute atomic E-state index is 12.9. The minimum Gasteiger partial charge on any atom is -0.331 e. The van der Waals surface area contributed by atoms with E-state index < -0.39 is 0 Å². The Bertz CT molecular complexity index is 1610. The van der Waals surface area contributed by atoms with Gasteiger partial charge in [-0.05, 0) is 62.7 Å². The van der Waals surface area contributed by atoms with Crippen molar-refractivity contribution in [2.45, 2.75) is 27.3 Å². The van der Waals surface area contributed by atoms with E-state index in [0.29, 0.717) is 10.8 Å². The molecule has 0 fully saturated rings. The van der Waals surface area contributed by atoms with Crippen molar-refractivity contribution in [1.29, 1.82) is 0 Å². The van der Waals surface area contributed by atoms with E-state index in [1.807, 2.05) is 60.0 Å². The number of nitrogens with zero attached hydrogens (tertiary/aromatic N) is 3. The standard InChI is InChI=1S/C29H26N4O2/c1-19-10-4-7-13-25(19)33-20(2)16-22(21(33)3)17-30-31-28(34)18-32-26-14-8-5-11-23(26)29(35)24-12-6-9-15-27(24)32/h4-17H,18H2,1-3H3,(H,31,34)/b30-17-. The Morgan fingerprint density at radius 2 is 1.49 bits per heavy atom. The summed E-state index contributed by atoms with van der Waals surface area (Å²) in [6.45, 7) is 6.23. The van der Waals surface area contributed by atoms with Crippen LogP contribution in [0.1, 0.15) is 22.5 Å². The quantitative estimate of drug-likeness (QED) is 0.226. The third-order valence-electron chi connectivity index (χ3n) is 6.40. The number of aryl methyl sites for hydroxylation is 2. The number of nitrogens with one attached hydrogen (secondary N) is 1. The molecule has 0 aliphatic carbocycles. The van der Waals surface area contributed by atoms with Gasteiger partial charge in [-0.15, -0.1) is 0 Å². The van der Waals surface area contributed by atoms with Gasteiger partial charge < -0.3 is 9.13 Å². The van der Waals surface area contributed by atoms with Crippen LogP contribution in [0.15, 0.2) is 88.8 Å². The molecule has 1 N–H and O–H groups in total. The summed E-state index contributed by atoms with van der Waals surface area (Å²) in [5.41, 5.74) is 9.45. The lowest BCUT2D eigenvalue weighted by atomic mass is 10.1. The van der Waals surface area contributed by atoms with Crippen LogP contribution in [0, 0.1) is 20.8 Å². The minimum absolute atomic E-state index is 0.0325. The van der Waals surface area contributed by atoms with Crippen molar-refractivity contribution in [1.82, 2.24) is 14.6 Å². The smallest absolute Gasteiger partial charge is 0.260 e. The Labute approximate surface area is 203 Å². The number of amides is 1. The number of hydrazone groups is 1. The monoisotopic (exact) mass is 462 g/mol. The summed E-state index contributed by atoms with van der Waals surface area (Å²) < 4.78 is 4.05. The Morgan fingerprint density at radius 3 is 2.14 bits per heavy atom. The highest BCUT2D eigenvalue weighted by atomic mass is 16.2. The molecule has 35 heavy (non-hydrogen) atoms. The Hall–Kier alpha value is -4.45. The normalized spacial score (nSPS) is 11.5. The molecule has 0 atom stereocenters. The van der Waals surface area contributed by atoms with Gasteiger partial charge in [0.25, 0.3) is 5.91 Å². The number of carbonyl (C=O) groups is 1. The minimum atomic E-state index is -0.270. The molecule has 5 rings (SSSR count). The van der Waals surface area contributed by atoms with Gasteiger partial charge in [-0.1, -0.05) is 42.5 Å². The number of hydrogen-bond acceptors (Lipinski definition) is 3. The summed E-state index contributed by atoms with van der Waals surface area (Å²) in [7, 11) is 0. The van der Waals surface area contributed by atoms with Crippen LogP contribution in [0.4, 0.5) is 0 Å². The first-order valence-corrected chi connectivity index (χ1v) is 11.5. The molecule has 6 heteroatoms. The zero-order valence-corrected chi connectivity index (χ0v) is 19.9. The fourth-order valence-corrected chi connectivity index (χ4v) is 4.70. The fourth-order valence-electron chi connectivity index (χ4n) is 4.70. The van der Waals surface area contributed by atoms with Crippen molar-refractivity contribution in [3.8, 4) is 5.69 Å². The average molecular weight is 463 g/mol. The van der Waals surface area contributed by atoms with Crippen LogP contribution in [0.3, 0.4) is 0 Å². The maximum Gasteiger partial charge on any atom is 0.260 e. The van der Waals surface area contributed by atoms with Crippen molar-refractivity contribution in [2.75, 3.05) is 0 Å². The van der Waals surface area contributed by atoms with Crippen LogP contribution in [-0.4, -0.2) is 21.3 Å². The molecule has 3 aromatic carbocycles. The molecule has 1 amide bonds. The number of rotatable bonds is 5. The molecule has 6 nitrogen and oxygen atoms in total. The van der Waals surface area contributed by atoms with E-state index in [-0.39, 0.29) is 17.9 Å². The lowest BCUT2D eigenvalue weighted by molar-refractivity contribution is -0.121. The number of aromatic nitrogens is 2. The predicted molar refractivity (Wildman–Crippen MR) is 141 cm³/mol. The van der Waals surface area contributed by atoms with Crippen LogP contribution >= 0.6 is 0 Å². The van der Waals surface area contributed by atoms with Gasteiger partial charge >= 0.3 is 0 Å². The molecule has 0 saturated carbocycles. The van der Waals surface area contributed by atoms with Crippen molar-refractivity contribution in [3.63, 3.8) is 0 Å². The molecule has 0 bridgehead atoms. The Morgan fingerprint density at radius 1 is 0.886 bits per heavy atom. The third kappa shape index (κ3) is 4.04. The number of carbonyl (C=O) groups excluding carboxylic acids is 1. The van der Waals surface area contributed by atoms with E-state index in [1.54, 1.807) is 18.3 Å². The molecular weight excluding hydrogens is 436 g/mol. The van der Waals surface area contributed by atoms with E-state index >= 15 is 0 Å². The van der Waals surface area contributed by atoms with Gasteiger partial charge in [-0.3, -0.25) is 9.59 Å². The van der Waals surface area contributed by atoms with Crippen LogP contribution < -0.4 is 10.9 Å². The molecule has 174 valence electrons. The van der Waals surface area contributed by atoms with Crippen molar-refractivity contribution in [2.24, 2.45) is 5.10 Å². The van der Waals surface area contributed by atoms with E-state index in [9.17, 15) is 9.59 Å². The highest BCUT2D eigenvalue weighted by Crippen LogP contribution is 2.22. The first-order chi connectivity index (χ1) is 17.0. The summed E-state index contributed by atoms with van der Waals surface area (Å²) in [4.78, 5) is 25.8. The van der Waals surface area contributed by atoms with Gasteiger partial charge in [0.05, 0.1) is 17.2 Å². The Kier molecular flexibility index (Phi) is 5.79. The molecule has 0 radical (unpaired) electrons. The molecular formula is C29H26N4O2. The summed E-state index contributed by atoms with van der Waals surface area (Å²) in [5, 5.41) is 5.41. The van der Waals surface area contributed by atoms with Crippen LogP contribution in [0.5, 0.6) is 0 Å². The van der Waals surface area contributed by atoms with Crippen LogP contribution in [-0.2, 0) is 11.3 Å². The summed E-state index contributed by atoms with van der Waals surface area (Å²) in [5.74, 6) is -0.270. The maximum atomic E-state index is 12.9. The molecule has 0 unspecified atom stereocenters. The van der Waals surface area contributed by atoms with Gasteiger partial charge in [-0.2, -0.15) is 5.10 Å². The van der Waals surface area contributed by atoms with Crippen molar-refractivity contribution < 1.29 is 4.79 Å². The fraction of sp³-hybridized carbons (Fsp3) is 0.138. The van der Waals surface area contributed by atoms with E-state index in [1.165, 1.54) is 5.56 Å². The lowest BCUT2D eigenvalue weighted by Gasteiger charge is -2.14. The molecule has 2 aromatic heterocycles. The first kappa shape index (κ1) is 22.3. The SMILES string of the molecule is Cc1ccccc1-n1c(C)cc(/C=N\NC(=O)Cn2c3ccccc3c(=O)c3ccccc32)c1C. The average Bonchev–Trinajstić information content (AvgIpc) is 3.14. The molecule has 5 aromatic rings. The Balaban J connectivity index is 1.41. The largest absolute Gasteiger partial charge is 0.331 e. The number of fused-ring (bicyclic) bond motifs is 2. The number of hydrogen-bond donors (Lipinski definition) is 1. The highest BCUT2D eigenvalue weighted by molar-refractivity contribution is 5.95. The highest BCUT2D eigenvalue weighted by Gasteiger charge is 2.13.